The van der Waals surface area contributed by atoms with Crippen LogP contribution in [0.3, 0.4) is 0 Å². The van der Waals surface area contributed by atoms with Gasteiger partial charge in [0.15, 0.2) is 0 Å². The van der Waals surface area contributed by atoms with Crippen molar-refractivity contribution in [1.82, 2.24) is 10.2 Å². The number of carbonyl (C=O) groups is 2. The maximum absolute atomic E-state index is 12.6. The van der Waals surface area contributed by atoms with Crippen molar-refractivity contribution < 1.29 is 24.2 Å². The van der Waals surface area contributed by atoms with Crippen LogP contribution in [0.5, 0.6) is 0 Å². The summed E-state index contributed by atoms with van der Waals surface area (Å²) in [5, 5.41) is 12.4. The zero-order chi connectivity index (χ0) is 18.0. The number of rotatable bonds is 3. The van der Waals surface area contributed by atoms with E-state index in [1.165, 1.54) is 36.4 Å². The molecule has 0 aromatic rings. The molecule has 2 heterocycles. The molecule has 0 aromatic heterocycles. The Labute approximate surface area is 147 Å². The van der Waals surface area contributed by atoms with Crippen LogP contribution >= 0.6 is 0 Å². The zero-order valence-electron chi connectivity index (χ0n) is 14.8. The van der Waals surface area contributed by atoms with Gasteiger partial charge in [-0.1, -0.05) is 19.3 Å². The van der Waals surface area contributed by atoms with E-state index in [0.29, 0.717) is 12.5 Å². The molecule has 2 amide bonds. The first kappa shape index (κ1) is 17.8. The molecule has 3 rings (SSSR count). The van der Waals surface area contributed by atoms with Gasteiger partial charge >= 0.3 is 12.0 Å². The molecule has 0 aromatic carbocycles. The quantitative estimate of drug-likeness (QED) is 0.817. The summed E-state index contributed by atoms with van der Waals surface area (Å²) in [6.07, 6.45) is 8.92. The van der Waals surface area contributed by atoms with Crippen molar-refractivity contribution in [2.45, 2.75) is 57.8 Å². The van der Waals surface area contributed by atoms with Gasteiger partial charge in [0.25, 0.3) is 0 Å². The van der Waals surface area contributed by atoms with E-state index in [9.17, 15) is 14.7 Å². The lowest BCUT2D eigenvalue weighted by molar-refractivity contribution is -0.231. The summed E-state index contributed by atoms with van der Waals surface area (Å²) in [4.78, 5) is 25.6. The van der Waals surface area contributed by atoms with Gasteiger partial charge in [0.1, 0.15) is 17.4 Å². The molecule has 0 radical (unpaired) electrons. The molecule has 1 aliphatic carbocycles. The number of amides is 2. The second-order valence-corrected chi connectivity index (χ2v) is 7.32. The van der Waals surface area contributed by atoms with Gasteiger partial charge < -0.3 is 19.9 Å². The largest absolute Gasteiger partial charge is 0.478 e. The number of hydrogen-bond acceptors (Lipinski definition) is 4. The van der Waals surface area contributed by atoms with E-state index in [0.717, 1.165) is 12.8 Å². The summed E-state index contributed by atoms with van der Waals surface area (Å²) in [5.74, 6) is -1.19. The molecule has 0 spiro atoms. The number of nitrogens with one attached hydrogen (secondary N) is 1. The fourth-order valence-corrected chi connectivity index (χ4v) is 3.60. The van der Waals surface area contributed by atoms with Crippen molar-refractivity contribution in [1.29, 1.82) is 0 Å². The number of hydrogen-bond donors (Lipinski definition) is 2. The zero-order valence-corrected chi connectivity index (χ0v) is 14.8. The van der Waals surface area contributed by atoms with Crippen molar-refractivity contribution in [3.8, 4) is 0 Å². The molecule has 2 fully saturated rings. The Balaban J connectivity index is 1.70. The molecular formula is C18H26N2O5. The Morgan fingerprint density at radius 1 is 1.32 bits per heavy atom. The molecule has 138 valence electrons. The van der Waals surface area contributed by atoms with Gasteiger partial charge in [0.2, 0.25) is 5.79 Å². The molecule has 1 atom stereocenters. The highest BCUT2D eigenvalue weighted by molar-refractivity contribution is 5.92. The third-order valence-corrected chi connectivity index (χ3v) is 4.98. The molecule has 3 aliphatic rings. The van der Waals surface area contributed by atoms with Crippen LogP contribution in [-0.2, 0) is 14.3 Å². The Bertz CT molecular complexity index is 605. The van der Waals surface area contributed by atoms with Gasteiger partial charge in [-0.05, 0) is 24.8 Å². The molecule has 0 bridgehead atoms. The summed E-state index contributed by atoms with van der Waals surface area (Å²) in [6, 6.07) is -0.809. The third kappa shape index (κ3) is 3.98. The lowest BCUT2D eigenvalue weighted by atomic mass is 9.89. The summed E-state index contributed by atoms with van der Waals surface area (Å²) in [7, 11) is 0. The Kier molecular flexibility index (Phi) is 5.03. The van der Waals surface area contributed by atoms with Crippen molar-refractivity contribution in [2.24, 2.45) is 5.92 Å². The maximum Gasteiger partial charge on any atom is 0.339 e. The number of carboxylic acid groups (broad SMARTS) is 1. The van der Waals surface area contributed by atoms with E-state index in [2.05, 4.69) is 5.32 Å². The molecule has 7 nitrogen and oxygen atoms in total. The lowest BCUT2D eigenvalue weighted by Crippen LogP contribution is -2.53. The minimum absolute atomic E-state index is 0.0673. The van der Waals surface area contributed by atoms with Gasteiger partial charge in [-0.3, -0.25) is 4.90 Å². The first-order valence-electron chi connectivity index (χ1n) is 8.92. The van der Waals surface area contributed by atoms with Crippen LogP contribution in [0.15, 0.2) is 23.6 Å². The van der Waals surface area contributed by atoms with Gasteiger partial charge in [0.05, 0.1) is 6.61 Å². The molecule has 2 N–H and O–H groups in total. The Morgan fingerprint density at radius 2 is 2.04 bits per heavy atom. The molecule has 1 saturated heterocycles. The van der Waals surface area contributed by atoms with E-state index in [1.54, 1.807) is 13.8 Å². The fourth-order valence-electron chi connectivity index (χ4n) is 3.60. The lowest BCUT2D eigenvalue weighted by Gasteiger charge is -2.42. The SMILES string of the molecule is CC1(C)OCC2C(=C(C(=O)O)C=CN2C(=O)NCC2CCCCC2)O1. The number of nitrogens with zero attached hydrogens (tertiary/aromatic N) is 1. The molecule has 1 unspecified atom stereocenters. The predicted octanol–water partition coefficient (Wildman–Crippen LogP) is 2.60. The van der Waals surface area contributed by atoms with Crippen LogP contribution in [0.1, 0.15) is 46.0 Å². The number of aliphatic carboxylic acids is 1. The first-order chi connectivity index (χ1) is 11.9. The molecule has 25 heavy (non-hydrogen) atoms. The van der Waals surface area contributed by atoms with Crippen LogP contribution in [0.4, 0.5) is 4.79 Å². The van der Waals surface area contributed by atoms with E-state index < -0.39 is 17.8 Å². The predicted molar refractivity (Wildman–Crippen MR) is 90.5 cm³/mol. The number of fused-ring (bicyclic) bond motifs is 1. The van der Waals surface area contributed by atoms with Crippen molar-refractivity contribution in [2.75, 3.05) is 13.2 Å². The standard InChI is InChI=1S/C18H26N2O5/c1-18(2)24-11-14-15(25-18)13(16(21)22)8-9-20(14)17(23)19-10-12-6-4-3-5-7-12/h8-9,12,14H,3-7,10-11H2,1-2H3,(H,19,23)(H,21,22). The Morgan fingerprint density at radius 3 is 2.72 bits per heavy atom. The summed E-state index contributed by atoms with van der Waals surface area (Å²) in [6.45, 7) is 4.29. The fraction of sp³-hybridized carbons (Fsp3) is 0.667. The average Bonchev–Trinajstić information content (AvgIpc) is 2.58. The van der Waals surface area contributed by atoms with Crippen LogP contribution in [0.25, 0.3) is 0 Å². The van der Waals surface area contributed by atoms with Gasteiger partial charge in [0, 0.05) is 26.6 Å². The number of urea groups is 1. The van der Waals surface area contributed by atoms with Crippen molar-refractivity contribution in [3.05, 3.63) is 23.6 Å². The highest BCUT2D eigenvalue weighted by atomic mass is 16.7. The number of ether oxygens (including phenoxy) is 2. The molecule has 2 aliphatic heterocycles. The topological polar surface area (TPSA) is 88.1 Å². The smallest absolute Gasteiger partial charge is 0.339 e. The van der Waals surface area contributed by atoms with E-state index in [4.69, 9.17) is 9.47 Å². The van der Waals surface area contributed by atoms with Crippen LogP contribution in [-0.4, -0.2) is 47.0 Å². The minimum atomic E-state index is -1.07. The second-order valence-electron chi connectivity index (χ2n) is 7.32. The summed E-state index contributed by atoms with van der Waals surface area (Å²) in [5.41, 5.74) is 0.0673. The highest BCUT2D eigenvalue weighted by Crippen LogP contribution is 2.33. The summed E-state index contributed by atoms with van der Waals surface area (Å²) >= 11 is 0. The van der Waals surface area contributed by atoms with Gasteiger partial charge in [-0.2, -0.15) is 0 Å². The van der Waals surface area contributed by atoms with E-state index in [-0.39, 0.29) is 24.0 Å². The Hall–Kier alpha value is -2.02. The summed E-state index contributed by atoms with van der Waals surface area (Å²) < 4.78 is 11.4. The van der Waals surface area contributed by atoms with Crippen molar-refractivity contribution in [3.63, 3.8) is 0 Å². The van der Waals surface area contributed by atoms with E-state index >= 15 is 0 Å². The first-order valence-corrected chi connectivity index (χ1v) is 8.92. The molecule has 1 saturated carbocycles. The second kappa shape index (κ2) is 7.07. The van der Waals surface area contributed by atoms with Crippen LogP contribution in [0, 0.1) is 5.92 Å². The minimum Gasteiger partial charge on any atom is -0.478 e. The van der Waals surface area contributed by atoms with Crippen molar-refractivity contribution >= 4 is 12.0 Å². The van der Waals surface area contributed by atoms with Crippen LogP contribution < -0.4 is 5.32 Å². The third-order valence-electron chi connectivity index (χ3n) is 4.98. The average molecular weight is 350 g/mol. The normalized spacial score (nSPS) is 26.0. The molecule has 7 heteroatoms. The van der Waals surface area contributed by atoms with Crippen LogP contribution in [0.2, 0.25) is 0 Å². The monoisotopic (exact) mass is 350 g/mol. The molecular weight excluding hydrogens is 324 g/mol. The van der Waals surface area contributed by atoms with E-state index in [1.807, 2.05) is 0 Å². The maximum atomic E-state index is 12.6. The van der Waals surface area contributed by atoms with Gasteiger partial charge in [-0.15, -0.1) is 0 Å². The number of carboxylic acids is 1. The van der Waals surface area contributed by atoms with Gasteiger partial charge in [-0.25, -0.2) is 9.59 Å². The number of carbonyl (C=O) groups excluding carboxylic acids is 1. The highest BCUT2D eigenvalue weighted by Gasteiger charge is 2.42.